The van der Waals surface area contributed by atoms with Gasteiger partial charge in [0.1, 0.15) is 0 Å². The van der Waals surface area contributed by atoms with Crippen molar-refractivity contribution in [3.8, 4) is 0 Å². The second kappa shape index (κ2) is 5.10. The number of rotatable bonds is 2. The normalized spacial score (nSPS) is 30.5. The predicted molar refractivity (Wildman–Crippen MR) is 94.8 cm³/mol. The van der Waals surface area contributed by atoms with Crippen molar-refractivity contribution in [3.05, 3.63) is 65.7 Å². The van der Waals surface area contributed by atoms with E-state index in [2.05, 4.69) is 58.7 Å². The van der Waals surface area contributed by atoms with Crippen molar-refractivity contribution in [2.24, 2.45) is 0 Å². The van der Waals surface area contributed by atoms with Crippen LogP contribution >= 0.6 is 0 Å². The van der Waals surface area contributed by atoms with Crippen molar-refractivity contribution in [1.29, 1.82) is 0 Å². The van der Waals surface area contributed by atoms with E-state index < -0.39 is 0 Å². The molecule has 2 heterocycles. The zero-order chi connectivity index (χ0) is 16.1. The Bertz CT molecular complexity index is 787. The molecule has 0 unspecified atom stereocenters. The highest BCUT2D eigenvalue weighted by molar-refractivity contribution is 5.84. The number of anilines is 1. The summed E-state index contributed by atoms with van der Waals surface area (Å²) < 4.78 is 0. The number of benzene rings is 2. The summed E-state index contributed by atoms with van der Waals surface area (Å²) in [6, 6.07) is 19.7. The van der Waals surface area contributed by atoms with Crippen LogP contribution in [0.25, 0.3) is 0 Å². The third-order valence-corrected chi connectivity index (χ3v) is 6.28. The predicted octanol–water partition coefficient (Wildman–Crippen LogP) is 3.70. The van der Waals surface area contributed by atoms with E-state index in [1.54, 1.807) is 0 Å². The standard InChI is InChI=1S/C21H22N2O/c24-20-13-21-16-9-4-5-10-17(16)22-18(21)11-6-12-19(21)23(20)14-15-7-2-1-3-8-15/h1-5,7-10,18-19,22H,6,11-14H2/t18-,19-,21-/m0/s1. The Morgan fingerprint density at radius 3 is 2.71 bits per heavy atom. The maximum Gasteiger partial charge on any atom is 0.224 e. The fraction of sp³-hybridized carbons (Fsp3) is 0.381. The lowest BCUT2D eigenvalue weighted by molar-refractivity contribution is -0.129. The lowest BCUT2D eigenvalue weighted by atomic mass is 9.65. The first-order valence-corrected chi connectivity index (χ1v) is 8.98. The number of likely N-dealkylation sites (tertiary alicyclic amines) is 1. The molecular weight excluding hydrogens is 296 g/mol. The molecule has 1 aliphatic carbocycles. The van der Waals surface area contributed by atoms with Gasteiger partial charge in [0.2, 0.25) is 5.91 Å². The van der Waals surface area contributed by atoms with Crippen molar-refractivity contribution in [3.63, 3.8) is 0 Å². The van der Waals surface area contributed by atoms with Crippen LogP contribution in [0, 0.1) is 0 Å². The summed E-state index contributed by atoms with van der Waals surface area (Å²) in [6.07, 6.45) is 4.12. The van der Waals surface area contributed by atoms with Crippen LogP contribution in [0.2, 0.25) is 0 Å². The summed E-state index contributed by atoms with van der Waals surface area (Å²) in [7, 11) is 0. The highest BCUT2D eigenvalue weighted by Gasteiger charge is 2.61. The summed E-state index contributed by atoms with van der Waals surface area (Å²) in [5, 5.41) is 3.72. The lowest BCUT2D eigenvalue weighted by Gasteiger charge is -2.43. The van der Waals surface area contributed by atoms with E-state index in [1.165, 1.54) is 23.2 Å². The summed E-state index contributed by atoms with van der Waals surface area (Å²) in [4.78, 5) is 15.1. The van der Waals surface area contributed by atoms with E-state index in [9.17, 15) is 4.79 Å². The molecule has 3 nitrogen and oxygen atoms in total. The average molecular weight is 318 g/mol. The van der Waals surface area contributed by atoms with Gasteiger partial charge in [-0.25, -0.2) is 0 Å². The monoisotopic (exact) mass is 318 g/mol. The van der Waals surface area contributed by atoms with Gasteiger partial charge < -0.3 is 10.2 Å². The number of fused-ring (bicyclic) bond motifs is 1. The zero-order valence-electron chi connectivity index (χ0n) is 13.7. The van der Waals surface area contributed by atoms with Gasteiger partial charge in [0.05, 0.1) is 0 Å². The number of carbonyl (C=O) groups excluding carboxylic acids is 1. The topological polar surface area (TPSA) is 32.3 Å². The first-order chi connectivity index (χ1) is 11.8. The number of nitrogens with zero attached hydrogens (tertiary/aromatic N) is 1. The van der Waals surface area contributed by atoms with E-state index in [1.807, 2.05) is 6.07 Å². The molecule has 3 aliphatic rings. The van der Waals surface area contributed by atoms with Gasteiger partial charge in [-0.05, 0) is 36.5 Å². The number of hydrogen-bond acceptors (Lipinski definition) is 2. The molecule has 1 saturated carbocycles. The van der Waals surface area contributed by atoms with Gasteiger partial charge in [-0.1, -0.05) is 48.5 Å². The van der Waals surface area contributed by atoms with Crippen molar-refractivity contribution >= 4 is 11.6 Å². The van der Waals surface area contributed by atoms with E-state index in [-0.39, 0.29) is 5.41 Å². The number of amides is 1. The summed E-state index contributed by atoms with van der Waals surface area (Å²) in [6.45, 7) is 0.737. The molecule has 5 rings (SSSR count). The van der Waals surface area contributed by atoms with Crippen LogP contribution in [-0.2, 0) is 16.8 Å². The van der Waals surface area contributed by atoms with Gasteiger partial charge in [0.15, 0.2) is 0 Å². The molecule has 2 aliphatic heterocycles. The van der Waals surface area contributed by atoms with Crippen molar-refractivity contribution in [1.82, 2.24) is 4.90 Å². The Kier molecular flexibility index (Phi) is 2.99. The number of hydrogen-bond donors (Lipinski definition) is 1. The molecule has 0 bridgehead atoms. The molecule has 2 fully saturated rings. The molecule has 0 aromatic heterocycles. The lowest BCUT2D eigenvalue weighted by Crippen LogP contribution is -2.52. The van der Waals surface area contributed by atoms with Crippen LogP contribution in [0.1, 0.15) is 36.8 Å². The Morgan fingerprint density at radius 1 is 1.04 bits per heavy atom. The quantitative estimate of drug-likeness (QED) is 0.915. The number of para-hydroxylation sites is 1. The molecule has 122 valence electrons. The van der Waals surface area contributed by atoms with E-state index in [0.717, 1.165) is 19.4 Å². The maximum absolute atomic E-state index is 13.0. The average Bonchev–Trinajstić information content (AvgIpc) is 3.09. The Balaban J connectivity index is 1.57. The van der Waals surface area contributed by atoms with Crippen LogP contribution < -0.4 is 5.32 Å². The van der Waals surface area contributed by atoms with Gasteiger partial charge in [-0.15, -0.1) is 0 Å². The first kappa shape index (κ1) is 14.1. The van der Waals surface area contributed by atoms with Crippen molar-refractivity contribution in [2.75, 3.05) is 5.32 Å². The van der Waals surface area contributed by atoms with Crippen LogP contribution in [0.3, 0.4) is 0 Å². The maximum atomic E-state index is 13.0. The Labute approximate surface area is 142 Å². The van der Waals surface area contributed by atoms with E-state index in [4.69, 9.17) is 0 Å². The second-order valence-corrected chi connectivity index (χ2v) is 7.41. The molecule has 3 atom stereocenters. The Morgan fingerprint density at radius 2 is 1.83 bits per heavy atom. The fourth-order valence-corrected chi connectivity index (χ4v) is 5.31. The van der Waals surface area contributed by atoms with Gasteiger partial charge in [0.25, 0.3) is 0 Å². The van der Waals surface area contributed by atoms with Gasteiger partial charge in [0, 0.05) is 36.2 Å². The number of carbonyl (C=O) groups is 1. The molecule has 1 amide bonds. The van der Waals surface area contributed by atoms with Crippen LogP contribution in [0.5, 0.6) is 0 Å². The molecule has 3 heteroatoms. The molecule has 1 N–H and O–H groups in total. The van der Waals surface area contributed by atoms with Crippen LogP contribution in [0.15, 0.2) is 54.6 Å². The Hall–Kier alpha value is -2.29. The van der Waals surface area contributed by atoms with Crippen LogP contribution in [-0.4, -0.2) is 22.9 Å². The molecule has 0 radical (unpaired) electrons. The van der Waals surface area contributed by atoms with E-state index >= 15 is 0 Å². The molecule has 2 aromatic carbocycles. The minimum Gasteiger partial charge on any atom is -0.381 e. The van der Waals surface area contributed by atoms with Gasteiger partial charge in [-0.2, -0.15) is 0 Å². The minimum absolute atomic E-state index is 0.0271. The molecule has 2 aromatic rings. The second-order valence-electron chi connectivity index (χ2n) is 7.41. The molecule has 1 saturated heterocycles. The largest absolute Gasteiger partial charge is 0.381 e. The first-order valence-electron chi connectivity index (χ1n) is 8.98. The third kappa shape index (κ3) is 1.81. The molecular formula is C21H22N2O. The van der Waals surface area contributed by atoms with Gasteiger partial charge >= 0.3 is 0 Å². The summed E-state index contributed by atoms with van der Waals surface area (Å²) >= 11 is 0. The van der Waals surface area contributed by atoms with Crippen molar-refractivity contribution < 1.29 is 4.79 Å². The zero-order valence-corrected chi connectivity index (χ0v) is 13.7. The summed E-state index contributed by atoms with van der Waals surface area (Å²) in [5.41, 5.74) is 3.80. The molecule has 24 heavy (non-hydrogen) atoms. The summed E-state index contributed by atoms with van der Waals surface area (Å²) in [5.74, 6) is 0.314. The van der Waals surface area contributed by atoms with Gasteiger partial charge in [-0.3, -0.25) is 4.79 Å². The third-order valence-electron chi connectivity index (χ3n) is 6.28. The van der Waals surface area contributed by atoms with Crippen LogP contribution in [0.4, 0.5) is 5.69 Å². The highest BCUT2D eigenvalue weighted by atomic mass is 16.2. The minimum atomic E-state index is -0.0271. The fourth-order valence-electron chi connectivity index (χ4n) is 5.31. The SMILES string of the molecule is O=C1C[C@]23c4ccccc4N[C@H]2CCC[C@@H]3N1Cc1ccccc1. The molecule has 1 spiro atoms. The number of nitrogens with one attached hydrogen (secondary N) is 1. The van der Waals surface area contributed by atoms with Crippen molar-refractivity contribution in [2.45, 2.75) is 49.7 Å². The van der Waals surface area contributed by atoms with E-state index in [0.29, 0.717) is 24.4 Å². The smallest absolute Gasteiger partial charge is 0.224 e. The highest BCUT2D eigenvalue weighted by Crippen LogP contribution is 2.56.